The summed E-state index contributed by atoms with van der Waals surface area (Å²) in [7, 11) is 3.11. The maximum atomic E-state index is 8.88. The Morgan fingerprint density at radius 3 is 2.37 bits per heavy atom. The minimum Gasteiger partial charge on any atom is -0.497 e. The fourth-order valence-electron chi connectivity index (χ4n) is 1.37. The largest absolute Gasteiger partial charge is 0.497 e. The van der Waals surface area contributed by atoms with Gasteiger partial charge in [-0.3, -0.25) is 0 Å². The van der Waals surface area contributed by atoms with Gasteiger partial charge in [0.1, 0.15) is 28.7 Å². The Kier molecular flexibility index (Phi) is 5.59. The summed E-state index contributed by atoms with van der Waals surface area (Å²) in [5, 5.41) is 21.3. The summed E-state index contributed by atoms with van der Waals surface area (Å²) in [5.74, 6) is 1.24. The van der Waals surface area contributed by atoms with Crippen LogP contribution in [0.4, 0.5) is 5.69 Å². The van der Waals surface area contributed by atoms with Crippen molar-refractivity contribution >= 4 is 17.4 Å². The standard InChI is InChI=1S/C13H13N3O2S/c1-17-10-4-5-11(12(6-10)18-2)16-13(19-3)9(7-14)8-15/h4-6,16H,1-3H3. The third-order valence-electron chi connectivity index (χ3n) is 2.31. The van der Waals surface area contributed by atoms with Gasteiger partial charge in [-0.05, 0) is 18.4 Å². The van der Waals surface area contributed by atoms with Crippen LogP contribution >= 0.6 is 11.8 Å². The first-order valence-corrected chi connectivity index (χ1v) is 6.50. The second-order valence-corrected chi connectivity index (χ2v) is 4.14. The van der Waals surface area contributed by atoms with E-state index in [0.29, 0.717) is 22.2 Å². The first kappa shape index (κ1) is 14.7. The van der Waals surface area contributed by atoms with Gasteiger partial charge in [0, 0.05) is 6.07 Å². The van der Waals surface area contributed by atoms with Gasteiger partial charge in [-0.25, -0.2) is 0 Å². The van der Waals surface area contributed by atoms with Gasteiger partial charge in [0.25, 0.3) is 0 Å². The molecule has 0 fully saturated rings. The molecule has 0 aliphatic heterocycles. The molecule has 1 aromatic carbocycles. The predicted molar refractivity (Wildman–Crippen MR) is 74.9 cm³/mol. The van der Waals surface area contributed by atoms with Crippen LogP contribution in [0.2, 0.25) is 0 Å². The highest BCUT2D eigenvalue weighted by molar-refractivity contribution is 8.02. The van der Waals surface area contributed by atoms with E-state index in [9.17, 15) is 0 Å². The molecule has 1 N–H and O–H groups in total. The normalized spacial score (nSPS) is 8.89. The molecule has 19 heavy (non-hydrogen) atoms. The number of nitrogens with zero attached hydrogens (tertiary/aromatic N) is 2. The number of nitriles is 2. The molecule has 0 aliphatic rings. The van der Waals surface area contributed by atoms with Gasteiger partial charge in [0.2, 0.25) is 0 Å². The Bertz CT molecular complexity index is 554. The van der Waals surface area contributed by atoms with Gasteiger partial charge in [-0.1, -0.05) is 0 Å². The van der Waals surface area contributed by atoms with E-state index in [1.54, 1.807) is 31.6 Å². The van der Waals surface area contributed by atoms with Crippen LogP contribution in [0.1, 0.15) is 0 Å². The Morgan fingerprint density at radius 1 is 1.21 bits per heavy atom. The summed E-state index contributed by atoms with van der Waals surface area (Å²) in [5.41, 5.74) is 0.695. The van der Waals surface area contributed by atoms with Crippen LogP contribution in [-0.2, 0) is 0 Å². The highest BCUT2D eigenvalue weighted by Gasteiger charge is 2.10. The highest BCUT2D eigenvalue weighted by atomic mass is 32.2. The summed E-state index contributed by atoms with van der Waals surface area (Å²) < 4.78 is 10.3. The van der Waals surface area contributed by atoms with Gasteiger partial charge < -0.3 is 14.8 Å². The number of hydrogen-bond acceptors (Lipinski definition) is 6. The quantitative estimate of drug-likeness (QED) is 0.832. The van der Waals surface area contributed by atoms with Gasteiger partial charge in [0.05, 0.1) is 19.9 Å². The zero-order valence-electron chi connectivity index (χ0n) is 10.9. The van der Waals surface area contributed by atoms with Crippen LogP contribution < -0.4 is 14.8 Å². The molecule has 0 aliphatic carbocycles. The lowest BCUT2D eigenvalue weighted by Gasteiger charge is -2.13. The average Bonchev–Trinajstić information content (AvgIpc) is 2.47. The minimum absolute atomic E-state index is 0.0328. The first-order chi connectivity index (χ1) is 9.19. The van der Waals surface area contributed by atoms with E-state index in [4.69, 9.17) is 20.0 Å². The molecule has 1 rings (SSSR count). The molecule has 1 aromatic rings. The number of anilines is 1. The summed E-state index contributed by atoms with van der Waals surface area (Å²) in [6, 6.07) is 8.96. The van der Waals surface area contributed by atoms with Crippen LogP contribution in [0.15, 0.2) is 28.8 Å². The minimum atomic E-state index is 0.0328. The zero-order valence-corrected chi connectivity index (χ0v) is 11.7. The summed E-state index contributed by atoms with van der Waals surface area (Å²) in [6.07, 6.45) is 1.78. The molecule has 0 radical (unpaired) electrons. The fourth-order valence-corrected chi connectivity index (χ4v) is 1.87. The molecule has 0 unspecified atom stereocenters. The number of rotatable bonds is 5. The van der Waals surface area contributed by atoms with Crippen molar-refractivity contribution in [3.63, 3.8) is 0 Å². The number of methoxy groups -OCH3 is 2. The molecular formula is C13H13N3O2S. The highest BCUT2D eigenvalue weighted by Crippen LogP contribution is 2.32. The van der Waals surface area contributed by atoms with Crippen molar-refractivity contribution < 1.29 is 9.47 Å². The van der Waals surface area contributed by atoms with Crippen molar-refractivity contribution in [1.82, 2.24) is 0 Å². The smallest absolute Gasteiger partial charge is 0.159 e. The van der Waals surface area contributed by atoms with E-state index < -0.39 is 0 Å². The maximum Gasteiger partial charge on any atom is 0.159 e. The molecule has 5 nitrogen and oxygen atoms in total. The topological polar surface area (TPSA) is 78.1 Å². The third-order valence-corrected chi connectivity index (χ3v) is 3.03. The zero-order chi connectivity index (χ0) is 14.3. The Balaban J connectivity index is 3.16. The van der Waals surface area contributed by atoms with E-state index in [2.05, 4.69) is 5.32 Å². The second kappa shape index (κ2) is 7.20. The lowest BCUT2D eigenvalue weighted by molar-refractivity contribution is 0.395. The molecule has 0 saturated carbocycles. The lowest BCUT2D eigenvalue weighted by atomic mass is 10.2. The Morgan fingerprint density at radius 2 is 1.89 bits per heavy atom. The van der Waals surface area contributed by atoms with Crippen molar-refractivity contribution in [1.29, 1.82) is 10.5 Å². The Labute approximate surface area is 116 Å². The molecule has 0 spiro atoms. The van der Waals surface area contributed by atoms with E-state index in [0.717, 1.165) is 0 Å². The van der Waals surface area contributed by atoms with Gasteiger partial charge in [-0.2, -0.15) is 10.5 Å². The van der Waals surface area contributed by atoms with Gasteiger partial charge >= 0.3 is 0 Å². The fraction of sp³-hybridized carbons (Fsp3) is 0.231. The van der Waals surface area contributed by atoms with Crippen LogP contribution in [0.5, 0.6) is 11.5 Å². The molecule has 0 bridgehead atoms. The van der Waals surface area contributed by atoms with E-state index in [-0.39, 0.29) is 5.57 Å². The Hall–Kier alpha value is -2.31. The number of ether oxygens (including phenoxy) is 2. The monoisotopic (exact) mass is 275 g/mol. The van der Waals surface area contributed by atoms with E-state index in [1.165, 1.54) is 18.9 Å². The van der Waals surface area contributed by atoms with E-state index in [1.807, 2.05) is 12.1 Å². The van der Waals surface area contributed by atoms with Crippen molar-refractivity contribution in [3.05, 3.63) is 28.8 Å². The number of benzene rings is 1. The van der Waals surface area contributed by atoms with Crippen LogP contribution in [0.25, 0.3) is 0 Å². The second-order valence-electron chi connectivity index (χ2n) is 3.32. The van der Waals surface area contributed by atoms with Crippen molar-refractivity contribution in [2.45, 2.75) is 0 Å². The number of allylic oxidation sites excluding steroid dienone is 1. The third kappa shape index (κ3) is 3.57. The van der Waals surface area contributed by atoms with Gasteiger partial charge in [0.15, 0.2) is 5.57 Å². The summed E-state index contributed by atoms with van der Waals surface area (Å²) >= 11 is 1.29. The SMILES string of the molecule is COc1ccc(NC(SC)=C(C#N)C#N)c(OC)c1. The number of hydrogen-bond donors (Lipinski definition) is 1. The van der Waals surface area contributed by atoms with Gasteiger partial charge in [-0.15, -0.1) is 11.8 Å². The number of thioether (sulfide) groups is 1. The van der Waals surface area contributed by atoms with Crippen LogP contribution in [0, 0.1) is 22.7 Å². The number of nitrogens with one attached hydrogen (secondary N) is 1. The van der Waals surface area contributed by atoms with Crippen LogP contribution in [0.3, 0.4) is 0 Å². The van der Waals surface area contributed by atoms with Crippen LogP contribution in [-0.4, -0.2) is 20.5 Å². The molecule has 0 atom stereocenters. The first-order valence-electron chi connectivity index (χ1n) is 5.27. The molecule has 0 aromatic heterocycles. The molecule has 6 heteroatoms. The molecular weight excluding hydrogens is 262 g/mol. The summed E-state index contributed by atoms with van der Waals surface area (Å²) in [4.78, 5) is 0. The van der Waals surface area contributed by atoms with E-state index >= 15 is 0 Å². The predicted octanol–water partition coefficient (Wildman–Crippen LogP) is 2.74. The molecule has 0 amide bonds. The van der Waals surface area contributed by atoms with Crippen molar-refractivity contribution in [3.8, 4) is 23.6 Å². The van der Waals surface area contributed by atoms with Crippen molar-refractivity contribution in [2.24, 2.45) is 0 Å². The van der Waals surface area contributed by atoms with Crippen molar-refractivity contribution in [2.75, 3.05) is 25.8 Å². The molecule has 0 saturated heterocycles. The lowest BCUT2D eigenvalue weighted by Crippen LogP contribution is -2.01. The molecule has 98 valence electrons. The maximum absolute atomic E-state index is 8.88. The average molecular weight is 275 g/mol. The summed E-state index contributed by atoms with van der Waals surface area (Å²) in [6.45, 7) is 0. The molecule has 0 heterocycles.